The Hall–Kier alpha value is -2.81. The second kappa shape index (κ2) is 12.0. The molecule has 0 radical (unpaired) electrons. The molecular formula is C20H28ClN3O6. The van der Waals surface area contributed by atoms with Crippen molar-refractivity contribution in [1.29, 1.82) is 0 Å². The molecule has 1 aromatic carbocycles. The van der Waals surface area contributed by atoms with Crippen molar-refractivity contribution < 1.29 is 28.7 Å². The molecule has 0 aliphatic heterocycles. The van der Waals surface area contributed by atoms with Crippen LogP contribution in [0.2, 0.25) is 5.02 Å². The van der Waals surface area contributed by atoms with Gasteiger partial charge in [-0.05, 0) is 51.8 Å². The lowest BCUT2D eigenvalue weighted by atomic mass is 10.0. The fourth-order valence-electron chi connectivity index (χ4n) is 2.36. The molecule has 0 aliphatic rings. The highest BCUT2D eigenvalue weighted by atomic mass is 35.5. The van der Waals surface area contributed by atoms with E-state index in [-0.39, 0.29) is 13.0 Å². The summed E-state index contributed by atoms with van der Waals surface area (Å²) in [7, 11) is 0. The third kappa shape index (κ3) is 11.3. The predicted octanol–water partition coefficient (Wildman–Crippen LogP) is 2.27. The Kier molecular flexibility index (Phi) is 10.1. The Bertz CT molecular complexity index is 746. The normalized spacial score (nSPS) is 11.8. The number of rotatable bonds is 8. The lowest BCUT2D eigenvalue weighted by molar-refractivity contribution is -0.146. The third-order valence-electron chi connectivity index (χ3n) is 3.50. The van der Waals surface area contributed by atoms with Crippen LogP contribution >= 0.6 is 11.6 Å². The van der Waals surface area contributed by atoms with E-state index in [1.54, 1.807) is 52.0 Å². The molecule has 0 bridgehead atoms. The Balaban J connectivity index is 2.67. The van der Waals surface area contributed by atoms with Crippen molar-refractivity contribution in [1.82, 2.24) is 16.2 Å². The molecule has 30 heavy (non-hydrogen) atoms. The van der Waals surface area contributed by atoms with Crippen molar-refractivity contribution in [2.75, 3.05) is 6.61 Å². The molecule has 0 heterocycles. The molecule has 0 saturated carbocycles. The van der Waals surface area contributed by atoms with Crippen LogP contribution in [-0.4, -0.2) is 42.1 Å². The molecule has 0 spiro atoms. The number of halogens is 1. The monoisotopic (exact) mass is 441 g/mol. The van der Waals surface area contributed by atoms with Gasteiger partial charge in [0.1, 0.15) is 12.0 Å². The molecule has 166 valence electrons. The number of benzene rings is 1. The van der Waals surface area contributed by atoms with Crippen LogP contribution in [0.25, 0.3) is 0 Å². The zero-order valence-electron chi connectivity index (χ0n) is 17.5. The third-order valence-corrected chi connectivity index (χ3v) is 3.75. The summed E-state index contributed by atoms with van der Waals surface area (Å²) in [6.07, 6.45) is -0.985. The Morgan fingerprint density at radius 2 is 1.63 bits per heavy atom. The van der Waals surface area contributed by atoms with E-state index >= 15 is 0 Å². The lowest BCUT2D eigenvalue weighted by Crippen LogP contribution is -2.47. The number of nitrogens with one attached hydrogen (secondary N) is 3. The number of amides is 3. The molecule has 0 aliphatic carbocycles. The molecule has 3 amide bonds. The molecule has 1 atom stereocenters. The minimum Gasteiger partial charge on any atom is -0.466 e. The number of ether oxygens (including phenoxy) is 2. The van der Waals surface area contributed by atoms with Crippen molar-refractivity contribution in [2.24, 2.45) is 0 Å². The van der Waals surface area contributed by atoms with Gasteiger partial charge in [0.2, 0.25) is 11.8 Å². The van der Waals surface area contributed by atoms with Gasteiger partial charge < -0.3 is 14.8 Å². The molecular weight excluding hydrogens is 414 g/mol. The van der Waals surface area contributed by atoms with Gasteiger partial charge >= 0.3 is 12.1 Å². The van der Waals surface area contributed by atoms with E-state index in [4.69, 9.17) is 16.3 Å². The standard InChI is InChI=1S/C20H28ClN3O6/c1-5-29-18(27)12-17(26)24-23-16(25)11-15(22-19(28)30-20(2,3)4)10-13-6-8-14(21)9-7-13/h6-9,15H,5,10-12H2,1-4H3,(H,22,28)(H,23,25)(H,24,26). The maximum Gasteiger partial charge on any atom is 0.407 e. The summed E-state index contributed by atoms with van der Waals surface area (Å²) in [6.45, 7) is 6.96. The maximum absolute atomic E-state index is 12.2. The van der Waals surface area contributed by atoms with Gasteiger partial charge in [-0.15, -0.1) is 0 Å². The van der Waals surface area contributed by atoms with Gasteiger partial charge in [-0.1, -0.05) is 23.7 Å². The van der Waals surface area contributed by atoms with E-state index in [0.29, 0.717) is 11.4 Å². The summed E-state index contributed by atoms with van der Waals surface area (Å²) in [5, 5.41) is 3.23. The first-order valence-electron chi connectivity index (χ1n) is 9.45. The summed E-state index contributed by atoms with van der Waals surface area (Å²) in [6, 6.07) is 6.37. The van der Waals surface area contributed by atoms with Crippen LogP contribution in [0.1, 0.15) is 46.1 Å². The number of carbonyl (C=O) groups is 4. The Morgan fingerprint density at radius 3 is 2.20 bits per heavy atom. The van der Waals surface area contributed by atoms with Crippen LogP contribution in [0.3, 0.4) is 0 Å². The molecule has 0 saturated heterocycles. The van der Waals surface area contributed by atoms with Gasteiger partial charge in [0.25, 0.3) is 0 Å². The van der Waals surface area contributed by atoms with Gasteiger partial charge in [-0.2, -0.15) is 0 Å². The van der Waals surface area contributed by atoms with Crippen molar-refractivity contribution in [3.05, 3.63) is 34.9 Å². The molecule has 0 aromatic heterocycles. The van der Waals surface area contributed by atoms with E-state index in [2.05, 4.69) is 20.9 Å². The second-order valence-electron chi connectivity index (χ2n) is 7.46. The number of hydrazine groups is 1. The zero-order valence-corrected chi connectivity index (χ0v) is 18.3. The van der Waals surface area contributed by atoms with Gasteiger partial charge in [-0.3, -0.25) is 25.2 Å². The van der Waals surface area contributed by atoms with Crippen LogP contribution in [0.5, 0.6) is 0 Å². The van der Waals surface area contributed by atoms with Crippen molar-refractivity contribution >= 4 is 35.5 Å². The highest BCUT2D eigenvalue weighted by Gasteiger charge is 2.22. The summed E-state index contributed by atoms with van der Waals surface area (Å²) in [4.78, 5) is 47.3. The minimum absolute atomic E-state index is 0.137. The largest absolute Gasteiger partial charge is 0.466 e. The van der Waals surface area contributed by atoms with Crippen LogP contribution in [-0.2, 0) is 30.3 Å². The van der Waals surface area contributed by atoms with E-state index in [0.717, 1.165) is 5.56 Å². The lowest BCUT2D eigenvalue weighted by Gasteiger charge is -2.23. The molecule has 10 heteroatoms. The fraction of sp³-hybridized carbons (Fsp3) is 0.500. The summed E-state index contributed by atoms with van der Waals surface area (Å²) in [5.41, 5.74) is 4.51. The minimum atomic E-state index is -0.712. The summed E-state index contributed by atoms with van der Waals surface area (Å²) < 4.78 is 9.91. The van der Waals surface area contributed by atoms with Gasteiger partial charge in [0.15, 0.2) is 0 Å². The first-order valence-corrected chi connectivity index (χ1v) is 9.83. The number of alkyl carbamates (subject to hydrolysis) is 1. The molecule has 1 rings (SSSR count). The van der Waals surface area contributed by atoms with Crippen LogP contribution in [0.15, 0.2) is 24.3 Å². The van der Waals surface area contributed by atoms with Crippen molar-refractivity contribution in [3.8, 4) is 0 Å². The van der Waals surface area contributed by atoms with E-state index in [1.165, 1.54) is 0 Å². The number of esters is 1. The maximum atomic E-state index is 12.2. The molecule has 1 aromatic rings. The average molecular weight is 442 g/mol. The quantitative estimate of drug-likeness (QED) is 0.323. The SMILES string of the molecule is CCOC(=O)CC(=O)NNC(=O)CC(Cc1ccc(Cl)cc1)NC(=O)OC(C)(C)C. The predicted molar refractivity (Wildman–Crippen MR) is 110 cm³/mol. The number of carbonyl (C=O) groups excluding carboxylic acids is 4. The molecule has 1 unspecified atom stereocenters. The van der Waals surface area contributed by atoms with E-state index in [9.17, 15) is 19.2 Å². The molecule has 0 fully saturated rings. The van der Waals surface area contributed by atoms with Crippen LogP contribution < -0.4 is 16.2 Å². The van der Waals surface area contributed by atoms with Crippen LogP contribution in [0, 0.1) is 0 Å². The van der Waals surface area contributed by atoms with Gasteiger partial charge in [-0.25, -0.2) is 4.79 Å². The average Bonchev–Trinajstić information content (AvgIpc) is 2.60. The van der Waals surface area contributed by atoms with Crippen molar-refractivity contribution in [3.63, 3.8) is 0 Å². The van der Waals surface area contributed by atoms with E-state index in [1.807, 2.05) is 0 Å². The first kappa shape index (κ1) is 25.2. The Labute approximate surface area is 180 Å². The second-order valence-corrected chi connectivity index (χ2v) is 7.89. The number of hydrogen-bond donors (Lipinski definition) is 3. The zero-order chi connectivity index (χ0) is 22.7. The highest BCUT2D eigenvalue weighted by Crippen LogP contribution is 2.13. The summed E-state index contributed by atoms with van der Waals surface area (Å²) in [5.74, 6) is -1.96. The molecule has 3 N–H and O–H groups in total. The Morgan fingerprint density at radius 1 is 1.03 bits per heavy atom. The van der Waals surface area contributed by atoms with Gasteiger partial charge in [0, 0.05) is 17.5 Å². The topological polar surface area (TPSA) is 123 Å². The fourth-order valence-corrected chi connectivity index (χ4v) is 2.48. The summed E-state index contributed by atoms with van der Waals surface area (Å²) >= 11 is 5.89. The molecule has 9 nitrogen and oxygen atoms in total. The van der Waals surface area contributed by atoms with Gasteiger partial charge in [0.05, 0.1) is 6.61 Å². The first-order chi connectivity index (χ1) is 14.0. The highest BCUT2D eigenvalue weighted by molar-refractivity contribution is 6.30. The smallest absolute Gasteiger partial charge is 0.407 e. The number of hydrogen-bond acceptors (Lipinski definition) is 6. The van der Waals surface area contributed by atoms with E-state index < -0.39 is 41.9 Å². The van der Waals surface area contributed by atoms with Crippen LogP contribution in [0.4, 0.5) is 4.79 Å². The van der Waals surface area contributed by atoms with Crippen molar-refractivity contribution in [2.45, 2.75) is 58.6 Å².